The van der Waals surface area contributed by atoms with Crippen LogP contribution < -0.4 is 10.6 Å². The Morgan fingerprint density at radius 2 is 1.77 bits per heavy atom. The van der Waals surface area contributed by atoms with Gasteiger partial charge >= 0.3 is 0 Å². The summed E-state index contributed by atoms with van der Waals surface area (Å²) in [5.41, 5.74) is 1.26. The number of hydrogen-bond acceptors (Lipinski definition) is 5. The number of likely N-dealkylation sites (tertiary alicyclic amines) is 1. The van der Waals surface area contributed by atoms with Gasteiger partial charge in [0.2, 0.25) is 0 Å². The highest BCUT2D eigenvalue weighted by molar-refractivity contribution is 14.0. The SMILES string of the molecule is CN=C(NCCc1ccc(S(C)(=O)=O)cc1)NCC1(N2CCCC2)CCOCC1.I. The molecule has 2 saturated heterocycles. The van der Waals surface area contributed by atoms with Crippen molar-refractivity contribution in [2.75, 3.05) is 52.7 Å². The minimum absolute atomic E-state index is 0. The summed E-state index contributed by atoms with van der Waals surface area (Å²) in [6.45, 7) is 5.62. The zero-order valence-electron chi connectivity index (χ0n) is 18.0. The first-order valence-corrected chi connectivity index (χ1v) is 12.4. The van der Waals surface area contributed by atoms with Crippen LogP contribution in [0.15, 0.2) is 34.2 Å². The van der Waals surface area contributed by atoms with Crippen molar-refractivity contribution >= 4 is 39.8 Å². The van der Waals surface area contributed by atoms with Crippen LogP contribution in [0.25, 0.3) is 0 Å². The second-order valence-corrected chi connectivity index (χ2v) is 10.1. The van der Waals surface area contributed by atoms with E-state index in [-0.39, 0.29) is 29.5 Å². The van der Waals surface area contributed by atoms with Crippen LogP contribution >= 0.6 is 24.0 Å². The van der Waals surface area contributed by atoms with Gasteiger partial charge in [-0.3, -0.25) is 9.89 Å². The van der Waals surface area contributed by atoms with Crippen LogP contribution in [0, 0.1) is 0 Å². The van der Waals surface area contributed by atoms with Crippen molar-refractivity contribution in [3.05, 3.63) is 29.8 Å². The highest BCUT2D eigenvalue weighted by Crippen LogP contribution is 2.30. The second kappa shape index (κ2) is 11.6. The summed E-state index contributed by atoms with van der Waals surface area (Å²) in [6.07, 6.45) is 6.72. The number of aliphatic imine (C=N–C) groups is 1. The monoisotopic (exact) mass is 550 g/mol. The van der Waals surface area contributed by atoms with E-state index in [2.05, 4.69) is 20.5 Å². The molecule has 2 heterocycles. The number of hydrogen-bond donors (Lipinski definition) is 2. The third kappa shape index (κ3) is 6.80. The molecule has 170 valence electrons. The smallest absolute Gasteiger partial charge is 0.191 e. The van der Waals surface area contributed by atoms with E-state index in [1.165, 1.54) is 32.2 Å². The van der Waals surface area contributed by atoms with Crippen LogP contribution in [-0.2, 0) is 21.0 Å². The average molecular weight is 551 g/mol. The van der Waals surface area contributed by atoms with Crippen LogP contribution in [0.2, 0.25) is 0 Å². The average Bonchev–Trinajstić information content (AvgIpc) is 3.26. The number of benzene rings is 1. The fourth-order valence-corrected chi connectivity index (χ4v) is 4.88. The molecular weight excluding hydrogens is 515 g/mol. The van der Waals surface area contributed by atoms with E-state index in [0.717, 1.165) is 57.1 Å². The van der Waals surface area contributed by atoms with Crippen LogP contribution in [0.3, 0.4) is 0 Å². The lowest BCUT2D eigenvalue weighted by Crippen LogP contribution is -2.58. The van der Waals surface area contributed by atoms with E-state index in [1.807, 2.05) is 12.1 Å². The molecule has 2 N–H and O–H groups in total. The zero-order valence-corrected chi connectivity index (χ0v) is 21.2. The number of rotatable bonds is 7. The van der Waals surface area contributed by atoms with Crippen molar-refractivity contribution in [3.63, 3.8) is 0 Å². The van der Waals surface area contributed by atoms with Crippen molar-refractivity contribution < 1.29 is 13.2 Å². The maximum absolute atomic E-state index is 11.6. The number of guanidine groups is 1. The molecule has 30 heavy (non-hydrogen) atoms. The summed E-state index contributed by atoms with van der Waals surface area (Å²) < 4.78 is 28.7. The molecule has 0 saturated carbocycles. The van der Waals surface area contributed by atoms with Crippen LogP contribution in [0.1, 0.15) is 31.2 Å². The third-order valence-electron chi connectivity index (χ3n) is 6.07. The van der Waals surface area contributed by atoms with E-state index in [9.17, 15) is 8.42 Å². The molecule has 2 aliphatic rings. The Morgan fingerprint density at radius 1 is 1.13 bits per heavy atom. The normalized spacial score (nSPS) is 19.9. The van der Waals surface area contributed by atoms with Gasteiger partial charge in [-0.05, 0) is 62.9 Å². The highest BCUT2D eigenvalue weighted by atomic mass is 127. The molecule has 0 atom stereocenters. The van der Waals surface area contributed by atoms with Gasteiger partial charge in [0.15, 0.2) is 15.8 Å². The van der Waals surface area contributed by atoms with E-state index in [0.29, 0.717) is 4.90 Å². The fourth-order valence-electron chi connectivity index (χ4n) is 4.25. The molecule has 2 fully saturated rings. The molecule has 1 aromatic rings. The van der Waals surface area contributed by atoms with Crippen molar-refractivity contribution in [2.24, 2.45) is 4.99 Å². The number of halogens is 1. The lowest BCUT2D eigenvalue weighted by molar-refractivity contribution is -0.0164. The number of nitrogens with one attached hydrogen (secondary N) is 2. The first-order valence-electron chi connectivity index (χ1n) is 10.5. The Hall–Kier alpha value is -0.910. The maximum atomic E-state index is 11.6. The lowest BCUT2D eigenvalue weighted by atomic mass is 9.88. The van der Waals surface area contributed by atoms with Gasteiger partial charge in [0, 0.05) is 45.1 Å². The van der Waals surface area contributed by atoms with Crippen molar-refractivity contribution in [1.29, 1.82) is 0 Å². The van der Waals surface area contributed by atoms with E-state index in [1.54, 1.807) is 19.2 Å². The summed E-state index contributed by atoms with van der Waals surface area (Å²) in [5, 5.41) is 6.92. The Morgan fingerprint density at radius 3 is 2.33 bits per heavy atom. The molecule has 1 aromatic carbocycles. The summed E-state index contributed by atoms with van der Waals surface area (Å²) in [5.74, 6) is 0.808. The Labute approximate surface area is 198 Å². The van der Waals surface area contributed by atoms with Crippen molar-refractivity contribution in [2.45, 2.75) is 42.5 Å². The van der Waals surface area contributed by atoms with Gasteiger partial charge in [-0.15, -0.1) is 24.0 Å². The molecular formula is C21H35IN4O3S. The first-order chi connectivity index (χ1) is 13.9. The highest BCUT2D eigenvalue weighted by Gasteiger charge is 2.39. The minimum Gasteiger partial charge on any atom is -0.381 e. The number of ether oxygens (including phenoxy) is 1. The summed E-state index contributed by atoms with van der Waals surface area (Å²) in [6, 6.07) is 7.09. The van der Waals surface area contributed by atoms with E-state index >= 15 is 0 Å². The van der Waals surface area contributed by atoms with Gasteiger partial charge < -0.3 is 15.4 Å². The van der Waals surface area contributed by atoms with Crippen LogP contribution in [0.5, 0.6) is 0 Å². The molecule has 0 aromatic heterocycles. The molecule has 0 bridgehead atoms. The van der Waals surface area contributed by atoms with Gasteiger partial charge in [0.05, 0.1) is 4.90 Å². The van der Waals surface area contributed by atoms with E-state index < -0.39 is 9.84 Å². The predicted molar refractivity (Wildman–Crippen MR) is 132 cm³/mol. The molecule has 0 unspecified atom stereocenters. The Kier molecular flexibility index (Phi) is 9.83. The summed E-state index contributed by atoms with van der Waals surface area (Å²) >= 11 is 0. The molecule has 0 radical (unpaired) electrons. The molecule has 0 spiro atoms. The second-order valence-electron chi connectivity index (χ2n) is 8.05. The quantitative estimate of drug-likeness (QED) is 0.308. The predicted octanol–water partition coefficient (Wildman–Crippen LogP) is 2.06. The first kappa shape index (κ1) is 25.4. The molecule has 7 nitrogen and oxygen atoms in total. The lowest BCUT2D eigenvalue weighted by Gasteiger charge is -2.45. The molecule has 9 heteroatoms. The topological polar surface area (TPSA) is 83.0 Å². The van der Waals surface area contributed by atoms with Gasteiger partial charge in [-0.1, -0.05) is 12.1 Å². The molecule has 3 rings (SSSR count). The summed E-state index contributed by atoms with van der Waals surface area (Å²) in [4.78, 5) is 7.37. The van der Waals surface area contributed by atoms with Gasteiger partial charge in [-0.25, -0.2) is 8.42 Å². The van der Waals surface area contributed by atoms with Gasteiger partial charge in [0.1, 0.15) is 0 Å². The number of sulfone groups is 1. The molecule has 2 aliphatic heterocycles. The zero-order chi connectivity index (χ0) is 20.7. The minimum atomic E-state index is -3.15. The third-order valence-corrected chi connectivity index (χ3v) is 7.19. The summed E-state index contributed by atoms with van der Waals surface area (Å²) in [7, 11) is -1.35. The van der Waals surface area contributed by atoms with Crippen molar-refractivity contribution in [1.82, 2.24) is 15.5 Å². The molecule has 0 aliphatic carbocycles. The standard InChI is InChI=1S/C21H34N4O3S.HI/c1-22-20(23-12-9-18-5-7-19(8-6-18)29(2,26)27)24-17-21(10-15-28-16-11-21)25-13-3-4-14-25;/h5-8H,3-4,9-17H2,1-2H3,(H2,22,23,24);1H. The maximum Gasteiger partial charge on any atom is 0.191 e. The number of nitrogens with zero attached hydrogens (tertiary/aromatic N) is 2. The fraction of sp³-hybridized carbons (Fsp3) is 0.667. The Balaban J connectivity index is 0.00000320. The Bertz CT molecular complexity index is 787. The van der Waals surface area contributed by atoms with Crippen LogP contribution in [0.4, 0.5) is 0 Å². The largest absolute Gasteiger partial charge is 0.381 e. The van der Waals surface area contributed by atoms with Crippen LogP contribution in [-0.4, -0.2) is 77.5 Å². The van der Waals surface area contributed by atoms with Gasteiger partial charge in [-0.2, -0.15) is 0 Å². The van der Waals surface area contributed by atoms with E-state index in [4.69, 9.17) is 4.74 Å². The van der Waals surface area contributed by atoms with Crippen molar-refractivity contribution in [3.8, 4) is 0 Å². The molecule has 0 amide bonds. The van der Waals surface area contributed by atoms with Gasteiger partial charge in [0.25, 0.3) is 0 Å².